The van der Waals surface area contributed by atoms with E-state index in [0.29, 0.717) is 5.41 Å². The normalized spacial score (nSPS) is 27.5. The molecule has 0 radical (unpaired) electrons. The first kappa shape index (κ1) is 10.4. The maximum Gasteiger partial charge on any atom is 0.0380 e. The fourth-order valence-corrected chi connectivity index (χ4v) is 3.25. The van der Waals surface area contributed by atoms with Crippen LogP contribution in [0.2, 0.25) is 0 Å². The summed E-state index contributed by atoms with van der Waals surface area (Å²) in [7, 11) is 0. The lowest BCUT2D eigenvalue weighted by atomic mass is 9.72. The van der Waals surface area contributed by atoms with E-state index in [-0.39, 0.29) is 0 Å². The molecule has 84 valence electrons. The summed E-state index contributed by atoms with van der Waals surface area (Å²) in [6, 6.07) is 6.61. The predicted molar refractivity (Wildman–Crippen MR) is 71.9 cm³/mol. The molecular weight excluding hydrogens is 262 g/mol. The van der Waals surface area contributed by atoms with Gasteiger partial charge in [0.05, 0.1) is 0 Å². The van der Waals surface area contributed by atoms with E-state index in [2.05, 4.69) is 52.4 Å². The van der Waals surface area contributed by atoms with Crippen LogP contribution < -0.4 is 5.32 Å². The highest BCUT2D eigenvalue weighted by molar-refractivity contribution is 9.10. The van der Waals surface area contributed by atoms with Crippen molar-refractivity contribution in [3.8, 4) is 0 Å². The van der Waals surface area contributed by atoms with E-state index in [9.17, 15) is 0 Å². The predicted octanol–water partition coefficient (Wildman–Crippen LogP) is 4.24. The molecule has 1 heterocycles. The zero-order chi connectivity index (χ0) is 11.2. The van der Waals surface area contributed by atoms with Crippen LogP contribution in [0.1, 0.15) is 31.7 Å². The van der Waals surface area contributed by atoms with Crippen LogP contribution in [0.4, 0.5) is 5.69 Å². The van der Waals surface area contributed by atoms with Crippen molar-refractivity contribution in [1.29, 1.82) is 0 Å². The Kier molecular flexibility index (Phi) is 2.36. The third-order valence-electron chi connectivity index (χ3n) is 4.01. The number of benzene rings is 1. The molecule has 1 aliphatic heterocycles. The van der Waals surface area contributed by atoms with Crippen LogP contribution in [-0.4, -0.2) is 6.54 Å². The Morgan fingerprint density at radius 1 is 1.38 bits per heavy atom. The maximum absolute atomic E-state index is 3.58. The number of allylic oxidation sites excluding steroid dienone is 2. The SMILES string of the molecule is CC1=CCC2(CC1)CNc1ccc(Br)cc12. The van der Waals surface area contributed by atoms with E-state index in [1.807, 2.05) is 0 Å². The zero-order valence-electron chi connectivity index (χ0n) is 9.52. The molecule has 1 spiro atoms. The third-order valence-corrected chi connectivity index (χ3v) is 4.50. The third kappa shape index (κ3) is 1.51. The molecule has 1 N–H and O–H groups in total. The van der Waals surface area contributed by atoms with E-state index in [1.54, 1.807) is 5.57 Å². The van der Waals surface area contributed by atoms with Crippen molar-refractivity contribution >= 4 is 21.6 Å². The summed E-state index contributed by atoms with van der Waals surface area (Å²) in [5, 5.41) is 3.55. The molecule has 3 rings (SSSR count). The minimum Gasteiger partial charge on any atom is -0.384 e. The molecule has 1 atom stereocenters. The number of anilines is 1. The minimum absolute atomic E-state index is 0.360. The Hall–Kier alpha value is -0.760. The van der Waals surface area contributed by atoms with Crippen molar-refractivity contribution in [2.24, 2.45) is 0 Å². The summed E-state index contributed by atoms with van der Waals surface area (Å²) in [5.41, 5.74) is 4.74. The summed E-state index contributed by atoms with van der Waals surface area (Å²) in [6.45, 7) is 3.35. The van der Waals surface area contributed by atoms with E-state index < -0.39 is 0 Å². The summed E-state index contributed by atoms with van der Waals surface area (Å²) in [5.74, 6) is 0. The van der Waals surface area contributed by atoms with Gasteiger partial charge in [-0.15, -0.1) is 0 Å². The summed E-state index contributed by atoms with van der Waals surface area (Å²) in [6.07, 6.45) is 6.13. The summed E-state index contributed by atoms with van der Waals surface area (Å²) >= 11 is 3.58. The van der Waals surface area contributed by atoms with Crippen LogP contribution in [-0.2, 0) is 5.41 Å². The molecule has 2 aliphatic rings. The fourth-order valence-electron chi connectivity index (χ4n) is 2.88. The molecule has 1 aromatic rings. The van der Waals surface area contributed by atoms with Crippen LogP contribution in [0.3, 0.4) is 0 Å². The Bertz CT molecular complexity index is 464. The molecule has 2 heteroatoms. The quantitative estimate of drug-likeness (QED) is 0.700. The molecule has 0 saturated carbocycles. The van der Waals surface area contributed by atoms with E-state index in [0.717, 1.165) is 6.54 Å². The second-order valence-electron chi connectivity index (χ2n) is 5.08. The zero-order valence-corrected chi connectivity index (χ0v) is 11.1. The molecule has 0 saturated heterocycles. The first-order chi connectivity index (χ1) is 7.70. The highest BCUT2D eigenvalue weighted by atomic mass is 79.9. The van der Waals surface area contributed by atoms with Crippen molar-refractivity contribution in [3.05, 3.63) is 39.9 Å². The van der Waals surface area contributed by atoms with Gasteiger partial charge in [0.25, 0.3) is 0 Å². The molecular formula is C14H16BrN. The number of hydrogen-bond donors (Lipinski definition) is 1. The van der Waals surface area contributed by atoms with Gasteiger partial charge in [0.15, 0.2) is 0 Å². The Morgan fingerprint density at radius 2 is 2.25 bits per heavy atom. The largest absolute Gasteiger partial charge is 0.384 e. The van der Waals surface area contributed by atoms with E-state index >= 15 is 0 Å². The average molecular weight is 278 g/mol. The van der Waals surface area contributed by atoms with Gasteiger partial charge in [-0.3, -0.25) is 0 Å². The fraction of sp³-hybridized carbons (Fsp3) is 0.429. The van der Waals surface area contributed by atoms with E-state index in [4.69, 9.17) is 0 Å². The van der Waals surface area contributed by atoms with Gasteiger partial charge in [-0.25, -0.2) is 0 Å². The standard InChI is InChI=1S/C14H16BrN/c1-10-4-6-14(7-5-10)9-16-13-3-2-11(15)8-12(13)14/h2-4,8,16H,5-7,9H2,1H3. The lowest BCUT2D eigenvalue weighted by Gasteiger charge is -2.32. The van der Waals surface area contributed by atoms with Crippen molar-refractivity contribution in [2.75, 3.05) is 11.9 Å². The van der Waals surface area contributed by atoms with Crippen LogP contribution in [0.25, 0.3) is 0 Å². The molecule has 0 fully saturated rings. The van der Waals surface area contributed by atoms with Crippen molar-refractivity contribution in [1.82, 2.24) is 0 Å². The number of rotatable bonds is 0. The minimum atomic E-state index is 0.360. The highest BCUT2D eigenvalue weighted by Gasteiger charge is 2.39. The van der Waals surface area contributed by atoms with Gasteiger partial charge in [-0.2, -0.15) is 0 Å². The van der Waals surface area contributed by atoms with Crippen molar-refractivity contribution in [3.63, 3.8) is 0 Å². The molecule has 0 aromatic heterocycles. The summed E-state index contributed by atoms with van der Waals surface area (Å²) in [4.78, 5) is 0. The van der Waals surface area contributed by atoms with Gasteiger partial charge >= 0.3 is 0 Å². The van der Waals surface area contributed by atoms with Crippen molar-refractivity contribution < 1.29 is 0 Å². The highest BCUT2D eigenvalue weighted by Crippen LogP contribution is 2.46. The number of hydrogen-bond acceptors (Lipinski definition) is 1. The number of halogens is 1. The Morgan fingerprint density at radius 3 is 3.00 bits per heavy atom. The lowest BCUT2D eigenvalue weighted by molar-refractivity contribution is 0.418. The van der Waals surface area contributed by atoms with Gasteiger partial charge in [-0.1, -0.05) is 27.6 Å². The van der Waals surface area contributed by atoms with Gasteiger partial charge in [0.1, 0.15) is 0 Å². The second kappa shape index (κ2) is 3.63. The van der Waals surface area contributed by atoms with Gasteiger partial charge in [0.2, 0.25) is 0 Å². The molecule has 1 unspecified atom stereocenters. The topological polar surface area (TPSA) is 12.0 Å². The number of fused-ring (bicyclic) bond motifs is 2. The molecule has 16 heavy (non-hydrogen) atoms. The maximum atomic E-state index is 3.58. The van der Waals surface area contributed by atoms with Crippen molar-refractivity contribution in [2.45, 2.75) is 31.6 Å². The molecule has 1 nitrogen and oxygen atoms in total. The molecule has 1 aliphatic carbocycles. The van der Waals surface area contributed by atoms with Gasteiger partial charge in [0, 0.05) is 22.1 Å². The van der Waals surface area contributed by atoms with Crippen LogP contribution in [0, 0.1) is 0 Å². The Balaban J connectivity index is 2.05. The monoisotopic (exact) mass is 277 g/mol. The lowest BCUT2D eigenvalue weighted by Crippen LogP contribution is -2.30. The smallest absolute Gasteiger partial charge is 0.0380 e. The molecule has 1 aromatic carbocycles. The van der Waals surface area contributed by atoms with Gasteiger partial charge in [-0.05, 0) is 49.9 Å². The van der Waals surface area contributed by atoms with Gasteiger partial charge < -0.3 is 5.32 Å². The first-order valence-electron chi connectivity index (χ1n) is 5.89. The van der Waals surface area contributed by atoms with E-state index in [1.165, 1.54) is 35.0 Å². The first-order valence-corrected chi connectivity index (χ1v) is 6.68. The number of nitrogens with one attached hydrogen (secondary N) is 1. The Labute approximate surface area is 105 Å². The van der Waals surface area contributed by atoms with Crippen LogP contribution in [0.5, 0.6) is 0 Å². The van der Waals surface area contributed by atoms with Crippen LogP contribution >= 0.6 is 15.9 Å². The summed E-state index contributed by atoms with van der Waals surface area (Å²) < 4.78 is 1.20. The molecule has 0 amide bonds. The molecule has 0 bridgehead atoms. The second-order valence-corrected chi connectivity index (χ2v) is 5.99. The van der Waals surface area contributed by atoms with Crippen LogP contribution in [0.15, 0.2) is 34.3 Å². The average Bonchev–Trinajstić information content (AvgIpc) is 2.62.